The highest BCUT2D eigenvalue weighted by atomic mass is 14.5. The van der Waals surface area contributed by atoms with E-state index in [4.69, 9.17) is 5.73 Å². The van der Waals surface area contributed by atoms with Gasteiger partial charge >= 0.3 is 0 Å². The number of nitrogens with two attached hydrogens (primary N) is 1. The summed E-state index contributed by atoms with van der Waals surface area (Å²) in [5.41, 5.74) is 6.69. The molecule has 1 heteroatoms. The molecule has 1 atom stereocenters. The minimum absolute atomic E-state index is 0.683. The van der Waals surface area contributed by atoms with Crippen molar-refractivity contribution in [2.24, 2.45) is 11.7 Å². The molecule has 0 rings (SSSR count). The Balaban J connectivity index is 3.17. The molecule has 0 aliphatic rings. The van der Waals surface area contributed by atoms with E-state index in [2.05, 4.69) is 20.1 Å². The number of rotatable bonds is 8. The highest BCUT2D eigenvalue weighted by Crippen LogP contribution is 2.12. The second kappa shape index (κ2) is 8.06. The predicted molar refractivity (Wildman–Crippen MR) is 60.6 cm³/mol. The van der Waals surface area contributed by atoms with Gasteiger partial charge < -0.3 is 5.73 Å². The summed E-state index contributed by atoms with van der Waals surface area (Å²) in [6.45, 7) is 10.6. The summed E-state index contributed by atoms with van der Waals surface area (Å²) in [4.78, 5) is 0. The van der Waals surface area contributed by atoms with Crippen LogP contribution in [0.3, 0.4) is 0 Å². The average molecular weight is 181 g/mol. The van der Waals surface area contributed by atoms with Crippen LogP contribution >= 0.6 is 0 Å². The smallest absolute Gasteiger partial charge is 0.00515 e. The van der Waals surface area contributed by atoms with Crippen molar-refractivity contribution in [3.63, 3.8) is 0 Å². The van der Waals surface area contributed by atoms with Crippen LogP contribution in [0.4, 0.5) is 0 Å². The second-order valence-corrected chi connectivity index (χ2v) is 3.80. The zero-order chi connectivity index (χ0) is 10.1. The van der Waals surface area contributed by atoms with Crippen LogP contribution in [0, 0.1) is 5.92 Å². The first-order chi connectivity index (χ1) is 6.20. The lowest BCUT2D eigenvalue weighted by molar-refractivity contribution is 0.500. The molecule has 0 aromatic carbocycles. The summed E-state index contributed by atoms with van der Waals surface area (Å²) >= 11 is 0. The van der Waals surface area contributed by atoms with E-state index in [1.165, 1.54) is 25.7 Å². The van der Waals surface area contributed by atoms with Crippen LogP contribution < -0.4 is 5.73 Å². The van der Waals surface area contributed by atoms with Crippen molar-refractivity contribution in [1.29, 1.82) is 0 Å². The SMILES string of the molecule is C=CC(=C)CCCCCC(C)CN. The maximum absolute atomic E-state index is 5.53. The molecule has 0 saturated heterocycles. The van der Waals surface area contributed by atoms with Gasteiger partial charge in [0.15, 0.2) is 0 Å². The maximum atomic E-state index is 5.53. The van der Waals surface area contributed by atoms with Crippen LogP contribution in [0.2, 0.25) is 0 Å². The first kappa shape index (κ1) is 12.4. The van der Waals surface area contributed by atoms with Gasteiger partial charge in [0.2, 0.25) is 0 Å². The largest absolute Gasteiger partial charge is 0.330 e. The Morgan fingerprint density at radius 2 is 2.08 bits per heavy atom. The van der Waals surface area contributed by atoms with E-state index in [1.807, 2.05) is 6.08 Å². The molecule has 0 fully saturated rings. The van der Waals surface area contributed by atoms with E-state index >= 15 is 0 Å². The summed E-state index contributed by atoms with van der Waals surface area (Å²) in [7, 11) is 0. The number of unbranched alkanes of at least 4 members (excludes halogenated alkanes) is 2. The maximum Gasteiger partial charge on any atom is -0.00515 e. The lowest BCUT2D eigenvalue weighted by Crippen LogP contribution is -2.10. The van der Waals surface area contributed by atoms with Crippen molar-refractivity contribution in [1.82, 2.24) is 0 Å². The zero-order valence-electron chi connectivity index (χ0n) is 8.89. The molecule has 0 spiro atoms. The topological polar surface area (TPSA) is 26.0 Å². The Hall–Kier alpha value is -0.560. The minimum atomic E-state index is 0.683. The fourth-order valence-corrected chi connectivity index (χ4v) is 1.24. The highest BCUT2D eigenvalue weighted by Gasteiger charge is 1.98. The monoisotopic (exact) mass is 181 g/mol. The van der Waals surface area contributed by atoms with E-state index in [0.717, 1.165) is 18.5 Å². The molecule has 0 saturated carbocycles. The molecule has 1 nitrogen and oxygen atoms in total. The van der Waals surface area contributed by atoms with Crippen LogP contribution in [0.5, 0.6) is 0 Å². The van der Waals surface area contributed by atoms with Crippen molar-refractivity contribution in [3.8, 4) is 0 Å². The minimum Gasteiger partial charge on any atom is -0.330 e. The normalized spacial score (nSPS) is 12.5. The van der Waals surface area contributed by atoms with Crippen molar-refractivity contribution in [2.45, 2.75) is 39.0 Å². The molecule has 0 heterocycles. The molecule has 0 radical (unpaired) electrons. The summed E-state index contributed by atoms with van der Waals surface area (Å²) in [5, 5.41) is 0. The molecule has 0 aliphatic heterocycles. The van der Waals surface area contributed by atoms with Gasteiger partial charge in [-0.1, -0.05) is 44.6 Å². The number of allylic oxidation sites excluding steroid dienone is 2. The molecule has 1 unspecified atom stereocenters. The molecule has 0 amide bonds. The van der Waals surface area contributed by atoms with Crippen LogP contribution in [0.1, 0.15) is 39.0 Å². The van der Waals surface area contributed by atoms with Crippen LogP contribution in [0.15, 0.2) is 24.8 Å². The van der Waals surface area contributed by atoms with Crippen LogP contribution in [-0.2, 0) is 0 Å². The van der Waals surface area contributed by atoms with Crippen molar-refractivity contribution in [3.05, 3.63) is 24.8 Å². The molecule has 0 bridgehead atoms. The van der Waals surface area contributed by atoms with E-state index in [-0.39, 0.29) is 0 Å². The number of hydrogen-bond acceptors (Lipinski definition) is 1. The third-order valence-electron chi connectivity index (χ3n) is 2.39. The molecule has 0 aliphatic carbocycles. The third-order valence-corrected chi connectivity index (χ3v) is 2.39. The molecule has 13 heavy (non-hydrogen) atoms. The highest BCUT2D eigenvalue weighted by molar-refractivity contribution is 5.10. The molecular formula is C12H23N. The van der Waals surface area contributed by atoms with Crippen molar-refractivity contribution in [2.75, 3.05) is 6.54 Å². The van der Waals surface area contributed by atoms with Gasteiger partial charge in [0, 0.05) is 0 Å². The Morgan fingerprint density at radius 3 is 2.62 bits per heavy atom. The average Bonchev–Trinajstić information content (AvgIpc) is 2.16. The molecular weight excluding hydrogens is 158 g/mol. The van der Waals surface area contributed by atoms with Gasteiger partial charge in [-0.2, -0.15) is 0 Å². The quantitative estimate of drug-likeness (QED) is 0.451. The van der Waals surface area contributed by atoms with Crippen molar-refractivity contribution < 1.29 is 0 Å². The Morgan fingerprint density at radius 1 is 1.38 bits per heavy atom. The fourth-order valence-electron chi connectivity index (χ4n) is 1.24. The lowest BCUT2D eigenvalue weighted by Gasteiger charge is -2.07. The standard InChI is InChI=1S/C12H23N/c1-4-11(2)8-6-5-7-9-12(3)10-13/h4,12H,1-2,5-10,13H2,3H3. The first-order valence-corrected chi connectivity index (χ1v) is 5.21. The van der Waals surface area contributed by atoms with E-state index in [0.29, 0.717) is 5.92 Å². The zero-order valence-corrected chi connectivity index (χ0v) is 8.89. The van der Waals surface area contributed by atoms with Gasteiger partial charge in [0.1, 0.15) is 0 Å². The Kier molecular flexibility index (Phi) is 7.71. The van der Waals surface area contributed by atoms with Gasteiger partial charge in [-0.3, -0.25) is 0 Å². The van der Waals surface area contributed by atoms with E-state index in [1.54, 1.807) is 0 Å². The Labute approximate surface area is 82.7 Å². The second-order valence-electron chi connectivity index (χ2n) is 3.80. The molecule has 76 valence electrons. The van der Waals surface area contributed by atoms with Gasteiger partial charge in [-0.05, 0) is 31.7 Å². The summed E-state index contributed by atoms with van der Waals surface area (Å²) in [5.74, 6) is 0.683. The third kappa shape index (κ3) is 7.79. The fraction of sp³-hybridized carbons (Fsp3) is 0.667. The first-order valence-electron chi connectivity index (χ1n) is 5.21. The molecule has 0 aromatic heterocycles. The van der Waals surface area contributed by atoms with Gasteiger partial charge in [-0.15, -0.1) is 0 Å². The number of hydrogen-bond donors (Lipinski definition) is 1. The van der Waals surface area contributed by atoms with Gasteiger partial charge in [-0.25, -0.2) is 0 Å². The summed E-state index contributed by atoms with van der Waals surface area (Å²) in [6.07, 6.45) is 8.03. The summed E-state index contributed by atoms with van der Waals surface area (Å²) < 4.78 is 0. The lowest BCUT2D eigenvalue weighted by atomic mass is 10.0. The molecule has 2 N–H and O–H groups in total. The van der Waals surface area contributed by atoms with Gasteiger partial charge in [0.05, 0.1) is 0 Å². The van der Waals surface area contributed by atoms with E-state index < -0.39 is 0 Å². The Bertz CT molecular complexity index is 149. The molecule has 0 aromatic rings. The van der Waals surface area contributed by atoms with Gasteiger partial charge in [0.25, 0.3) is 0 Å². The van der Waals surface area contributed by atoms with E-state index in [9.17, 15) is 0 Å². The van der Waals surface area contributed by atoms with Crippen molar-refractivity contribution >= 4 is 0 Å². The summed E-state index contributed by atoms with van der Waals surface area (Å²) in [6, 6.07) is 0. The predicted octanol–water partition coefficient (Wildman–Crippen LogP) is 3.27. The van der Waals surface area contributed by atoms with Crippen LogP contribution in [-0.4, -0.2) is 6.54 Å². The van der Waals surface area contributed by atoms with Crippen LogP contribution in [0.25, 0.3) is 0 Å².